The van der Waals surface area contributed by atoms with Crippen LogP contribution in [0.25, 0.3) is 11.1 Å². The summed E-state index contributed by atoms with van der Waals surface area (Å²) in [6.45, 7) is 7.26. The van der Waals surface area contributed by atoms with E-state index in [1.807, 2.05) is 19.1 Å². The predicted molar refractivity (Wildman–Crippen MR) is 91.0 cm³/mol. The molecule has 1 aromatic carbocycles. The summed E-state index contributed by atoms with van der Waals surface area (Å²) in [5, 5.41) is 3.83. The van der Waals surface area contributed by atoms with Crippen molar-refractivity contribution in [1.29, 1.82) is 0 Å². The first-order chi connectivity index (χ1) is 12.1. The lowest BCUT2D eigenvalue weighted by Gasteiger charge is -2.33. The molecule has 1 saturated heterocycles. The van der Waals surface area contributed by atoms with Gasteiger partial charge in [-0.1, -0.05) is 11.2 Å². The summed E-state index contributed by atoms with van der Waals surface area (Å²) in [7, 11) is 1.72. The van der Waals surface area contributed by atoms with Gasteiger partial charge in [0.15, 0.2) is 11.4 Å². The maximum absolute atomic E-state index is 11.6. The van der Waals surface area contributed by atoms with Crippen LogP contribution in [-0.2, 0) is 20.1 Å². The third kappa shape index (κ3) is 3.35. The van der Waals surface area contributed by atoms with Gasteiger partial charge < -0.3 is 8.94 Å². The molecule has 0 radical (unpaired) electrons. The topological polar surface area (TPSA) is 80.5 Å². The zero-order chi connectivity index (χ0) is 17.4. The fraction of sp³-hybridized carbons (Fsp3) is 0.471. The van der Waals surface area contributed by atoms with Crippen molar-refractivity contribution in [2.45, 2.75) is 20.0 Å². The normalized spacial score (nSPS) is 16.7. The van der Waals surface area contributed by atoms with Gasteiger partial charge in [0.05, 0.1) is 12.1 Å². The van der Waals surface area contributed by atoms with Gasteiger partial charge in [0.1, 0.15) is 0 Å². The lowest BCUT2D eigenvalue weighted by molar-refractivity contribution is 0.112. The molecular weight excluding hydrogens is 322 g/mol. The van der Waals surface area contributed by atoms with Crippen LogP contribution in [0.15, 0.2) is 31.9 Å². The number of piperazine rings is 1. The van der Waals surface area contributed by atoms with Crippen LogP contribution in [-0.4, -0.2) is 50.7 Å². The first-order valence-corrected chi connectivity index (χ1v) is 8.41. The molecule has 132 valence electrons. The van der Waals surface area contributed by atoms with Crippen molar-refractivity contribution >= 4 is 11.1 Å². The second-order valence-electron chi connectivity index (χ2n) is 6.52. The van der Waals surface area contributed by atoms with Crippen molar-refractivity contribution in [3.8, 4) is 0 Å². The van der Waals surface area contributed by atoms with Crippen LogP contribution >= 0.6 is 0 Å². The molecule has 3 aromatic rings. The molecule has 8 nitrogen and oxygen atoms in total. The number of fused-ring (bicyclic) bond motifs is 1. The lowest BCUT2D eigenvalue weighted by atomic mass is 10.2. The Morgan fingerprint density at radius 1 is 1.12 bits per heavy atom. The molecule has 0 aliphatic carbocycles. The molecular formula is C17H21N5O3. The molecule has 1 aliphatic heterocycles. The summed E-state index contributed by atoms with van der Waals surface area (Å²) in [5.74, 6) is 1.03. The average molecular weight is 343 g/mol. The van der Waals surface area contributed by atoms with Crippen LogP contribution in [0.4, 0.5) is 0 Å². The molecule has 4 rings (SSSR count). The highest BCUT2D eigenvalue weighted by Gasteiger charge is 2.19. The van der Waals surface area contributed by atoms with Gasteiger partial charge in [0.25, 0.3) is 0 Å². The number of rotatable bonds is 4. The van der Waals surface area contributed by atoms with E-state index in [4.69, 9.17) is 8.94 Å². The maximum Gasteiger partial charge on any atom is 0.419 e. The molecule has 8 heteroatoms. The minimum atomic E-state index is -0.322. The Hall–Kier alpha value is -2.45. The highest BCUT2D eigenvalue weighted by atomic mass is 16.5. The van der Waals surface area contributed by atoms with E-state index in [9.17, 15) is 4.79 Å². The van der Waals surface area contributed by atoms with E-state index >= 15 is 0 Å². The number of oxazole rings is 1. The minimum absolute atomic E-state index is 0.322. The number of aromatic nitrogens is 3. The van der Waals surface area contributed by atoms with Gasteiger partial charge >= 0.3 is 5.76 Å². The molecule has 0 unspecified atom stereocenters. The highest BCUT2D eigenvalue weighted by molar-refractivity contribution is 5.73. The van der Waals surface area contributed by atoms with Crippen molar-refractivity contribution in [3.63, 3.8) is 0 Å². The Morgan fingerprint density at radius 2 is 1.84 bits per heavy atom. The largest absolute Gasteiger partial charge is 0.419 e. The number of hydrogen-bond acceptors (Lipinski definition) is 7. The lowest BCUT2D eigenvalue weighted by Crippen LogP contribution is -2.45. The van der Waals surface area contributed by atoms with Crippen LogP contribution in [0.3, 0.4) is 0 Å². The van der Waals surface area contributed by atoms with Crippen molar-refractivity contribution in [2.24, 2.45) is 7.05 Å². The number of hydrogen-bond donors (Lipinski definition) is 0. The molecule has 0 atom stereocenters. The summed E-state index contributed by atoms with van der Waals surface area (Å²) in [6.07, 6.45) is 0. The number of benzene rings is 1. The Bertz CT molecular complexity index is 933. The Labute approximate surface area is 144 Å². The van der Waals surface area contributed by atoms with Crippen LogP contribution in [0.2, 0.25) is 0 Å². The van der Waals surface area contributed by atoms with Gasteiger partial charge in [-0.15, -0.1) is 0 Å². The van der Waals surface area contributed by atoms with E-state index in [1.165, 1.54) is 4.57 Å². The second-order valence-corrected chi connectivity index (χ2v) is 6.52. The Morgan fingerprint density at radius 3 is 2.52 bits per heavy atom. The van der Waals surface area contributed by atoms with Crippen LogP contribution in [0.5, 0.6) is 0 Å². The van der Waals surface area contributed by atoms with Crippen LogP contribution in [0.1, 0.15) is 17.3 Å². The van der Waals surface area contributed by atoms with Crippen LogP contribution < -0.4 is 5.76 Å². The fourth-order valence-corrected chi connectivity index (χ4v) is 3.24. The van der Waals surface area contributed by atoms with E-state index in [1.54, 1.807) is 7.05 Å². The van der Waals surface area contributed by atoms with Crippen molar-refractivity contribution in [2.75, 3.05) is 26.2 Å². The van der Waals surface area contributed by atoms with E-state index in [2.05, 4.69) is 26.0 Å². The highest BCUT2D eigenvalue weighted by Crippen LogP contribution is 2.17. The van der Waals surface area contributed by atoms with Gasteiger partial charge in [-0.3, -0.25) is 14.4 Å². The molecule has 1 aliphatic rings. The average Bonchev–Trinajstić information content (AvgIpc) is 3.13. The van der Waals surface area contributed by atoms with Gasteiger partial charge in [-0.2, -0.15) is 4.98 Å². The first-order valence-electron chi connectivity index (χ1n) is 8.41. The van der Waals surface area contributed by atoms with Crippen molar-refractivity contribution < 1.29 is 8.94 Å². The molecule has 0 bridgehead atoms. The second kappa shape index (κ2) is 6.45. The number of aryl methyl sites for hydroxylation is 2. The molecule has 1 fully saturated rings. The summed E-state index contributed by atoms with van der Waals surface area (Å²) < 4.78 is 12.0. The van der Waals surface area contributed by atoms with Gasteiger partial charge in [-0.25, -0.2) is 4.79 Å². The predicted octanol–water partition coefficient (Wildman–Crippen LogP) is 1.14. The molecule has 0 spiro atoms. The summed E-state index contributed by atoms with van der Waals surface area (Å²) in [5.41, 5.74) is 2.63. The van der Waals surface area contributed by atoms with Gasteiger partial charge in [-0.05, 0) is 24.6 Å². The maximum atomic E-state index is 11.6. The van der Waals surface area contributed by atoms with Crippen molar-refractivity contribution in [3.05, 3.63) is 46.0 Å². The zero-order valence-electron chi connectivity index (χ0n) is 14.4. The number of nitrogens with zero attached hydrogens (tertiary/aromatic N) is 5. The SMILES string of the molecule is Cc1noc(CN2CCN(Cc3ccc4c(c3)oc(=O)n4C)CC2)n1. The zero-order valence-corrected chi connectivity index (χ0v) is 14.4. The first kappa shape index (κ1) is 16.0. The van der Waals surface area contributed by atoms with E-state index in [0.29, 0.717) is 23.8 Å². The van der Waals surface area contributed by atoms with Crippen molar-refractivity contribution in [1.82, 2.24) is 24.5 Å². The fourth-order valence-electron chi connectivity index (χ4n) is 3.24. The Balaban J connectivity index is 1.36. The quantitative estimate of drug-likeness (QED) is 0.703. The molecule has 0 N–H and O–H groups in total. The third-order valence-corrected chi connectivity index (χ3v) is 4.66. The summed E-state index contributed by atoms with van der Waals surface area (Å²) >= 11 is 0. The standard InChI is InChI=1S/C17H21N5O3/c1-12-18-16(25-19-12)11-22-7-5-21(6-8-22)10-13-3-4-14-15(9-13)24-17(23)20(14)2/h3-4,9H,5-8,10-11H2,1-2H3. The van der Waals surface area contributed by atoms with E-state index < -0.39 is 0 Å². The smallest absolute Gasteiger partial charge is 0.408 e. The van der Waals surface area contributed by atoms with Gasteiger partial charge in [0, 0.05) is 39.8 Å². The third-order valence-electron chi connectivity index (χ3n) is 4.66. The van der Waals surface area contributed by atoms with Gasteiger partial charge in [0.2, 0.25) is 5.89 Å². The van der Waals surface area contributed by atoms with E-state index in [-0.39, 0.29) is 5.76 Å². The molecule has 0 saturated carbocycles. The molecule has 0 amide bonds. The Kier molecular flexibility index (Phi) is 4.14. The minimum Gasteiger partial charge on any atom is -0.408 e. The molecule has 25 heavy (non-hydrogen) atoms. The van der Waals surface area contributed by atoms with E-state index in [0.717, 1.165) is 43.8 Å². The van der Waals surface area contributed by atoms with Crippen LogP contribution in [0, 0.1) is 6.92 Å². The molecule has 2 aromatic heterocycles. The monoisotopic (exact) mass is 343 g/mol. The summed E-state index contributed by atoms with van der Waals surface area (Å²) in [6, 6.07) is 5.97. The summed E-state index contributed by atoms with van der Waals surface area (Å²) in [4.78, 5) is 20.6. The molecule has 3 heterocycles.